The van der Waals surface area contributed by atoms with Gasteiger partial charge in [-0.2, -0.15) is 0 Å². The maximum Gasteiger partial charge on any atom is 0.341 e. The second kappa shape index (κ2) is 12.2. The van der Waals surface area contributed by atoms with Crippen LogP contribution in [0.3, 0.4) is 0 Å². The molecule has 3 aromatic carbocycles. The summed E-state index contributed by atoms with van der Waals surface area (Å²) in [4.78, 5) is 40.4. The van der Waals surface area contributed by atoms with Gasteiger partial charge in [0.05, 0.1) is 31.8 Å². The van der Waals surface area contributed by atoms with E-state index < -0.39 is 34.4 Å². The molecule has 0 radical (unpaired) electrons. The zero-order valence-electron chi connectivity index (χ0n) is 24.6. The molecule has 11 nitrogen and oxygen atoms in total. The van der Waals surface area contributed by atoms with E-state index in [1.165, 1.54) is 20.3 Å². The van der Waals surface area contributed by atoms with E-state index in [-0.39, 0.29) is 41.6 Å². The second-order valence-corrected chi connectivity index (χ2v) is 12.5. The van der Waals surface area contributed by atoms with Crippen molar-refractivity contribution in [1.82, 2.24) is 10.2 Å². The zero-order valence-corrected chi connectivity index (χ0v) is 26.1. The maximum absolute atomic E-state index is 14.4. The van der Waals surface area contributed by atoms with Gasteiger partial charge in [0.25, 0.3) is 5.69 Å². The number of methoxy groups -OCH3 is 2. The lowest BCUT2D eigenvalue weighted by molar-refractivity contribution is -0.385. The number of carbonyl (C=O) groups excluding carboxylic acids is 2. The number of ether oxygens (including phenoxy) is 2. The summed E-state index contributed by atoms with van der Waals surface area (Å²) in [5.41, 5.74) is 0.735. The second-order valence-electron chi connectivity index (χ2n) is 11.6. The van der Waals surface area contributed by atoms with Crippen LogP contribution in [0.25, 0.3) is 0 Å². The van der Waals surface area contributed by atoms with Crippen molar-refractivity contribution in [3.63, 3.8) is 0 Å². The summed E-state index contributed by atoms with van der Waals surface area (Å²) in [6.07, 6.45) is 2.02. The van der Waals surface area contributed by atoms with Crippen LogP contribution in [0.15, 0.2) is 54.6 Å². The van der Waals surface area contributed by atoms with Gasteiger partial charge < -0.3 is 25.2 Å². The van der Waals surface area contributed by atoms with Crippen molar-refractivity contribution in [2.24, 2.45) is 5.92 Å². The van der Waals surface area contributed by atoms with Gasteiger partial charge in [-0.05, 0) is 54.7 Å². The lowest BCUT2D eigenvalue weighted by atomic mass is 9.73. The maximum atomic E-state index is 14.4. The fourth-order valence-corrected chi connectivity index (χ4v) is 7.43. The first-order valence-corrected chi connectivity index (χ1v) is 15.3. The molecule has 2 aliphatic heterocycles. The average Bonchev–Trinajstić information content (AvgIpc) is 3.74. The Morgan fingerprint density at radius 2 is 1.91 bits per heavy atom. The van der Waals surface area contributed by atoms with E-state index >= 15 is 0 Å². The molecule has 0 aromatic heterocycles. The van der Waals surface area contributed by atoms with Crippen LogP contribution in [0.5, 0.6) is 5.75 Å². The van der Waals surface area contributed by atoms with Gasteiger partial charge in [0.15, 0.2) is 0 Å². The molecule has 45 heavy (non-hydrogen) atoms. The summed E-state index contributed by atoms with van der Waals surface area (Å²) >= 11 is 12.9. The monoisotopic (exact) mass is 654 g/mol. The quantitative estimate of drug-likeness (QED) is 0.158. The molecular weight excluding hydrogens is 623 g/mol. The molecular formula is C32H32Cl2N4O7. The number of likely N-dealkylation sites (tertiary alicyclic amines) is 1. The molecule has 1 aliphatic carbocycles. The van der Waals surface area contributed by atoms with Crippen molar-refractivity contribution < 1.29 is 29.1 Å². The summed E-state index contributed by atoms with van der Waals surface area (Å²) in [7, 11) is 2.54. The molecule has 2 fully saturated rings. The molecule has 3 aromatic rings. The largest absolute Gasteiger partial charge is 0.496 e. The van der Waals surface area contributed by atoms with Crippen LogP contribution in [0.1, 0.15) is 45.8 Å². The first-order valence-electron chi connectivity index (χ1n) is 14.6. The Labute approximate surface area is 269 Å². The molecule has 1 spiro atoms. The number of anilines is 1. The molecule has 1 saturated heterocycles. The van der Waals surface area contributed by atoms with E-state index in [4.69, 9.17) is 32.7 Å². The number of aliphatic hydroxyl groups is 1. The minimum Gasteiger partial charge on any atom is -0.496 e. The summed E-state index contributed by atoms with van der Waals surface area (Å²) in [6.45, 7) is 0.249. The number of rotatable bonds is 10. The highest BCUT2D eigenvalue weighted by Crippen LogP contribution is 2.58. The number of esters is 1. The SMILES string of the molecule is COC(=O)c1cc([N+](=O)[O-])c(CN[C@@H]2[C@H](CO)N(CC3CC3)[C@@]3(C(=O)Nc4cc(Cl)ccc43)[C@H]2c2cccc(Cl)c2)cc1OC. The number of nitrogens with one attached hydrogen (secondary N) is 2. The fourth-order valence-electron chi connectivity index (χ4n) is 7.06. The predicted octanol–water partition coefficient (Wildman–Crippen LogP) is 4.87. The highest BCUT2D eigenvalue weighted by atomic mass is 35.5. The fraction of sp³-hybridized carbons (Fsp3) is 0.375. The third-order valence-electron chi connectivity index (χ3n) is 9.14. The number of hydrogen-bond acceptors (Lipinski definition) is 9. The number of hydrogen-bond donors (Lipinski definition) is 3. The van der Waals surface area contributed by atoms with Crippen LogP contribution in [-0.4, -0.2) is 66.3 Å². The minimum absolute atomic E-state index is 0.0329. The van der Waals surface area contributed by atoms with Crippen LogP contribution in [-0.2, 0) is 21.6 Å². The number of nitro benzene ring substituents is 1. The Balaban J connectivity index is 1.50. The molecule has 0 unspecified atom stereocenters. The van der Waals surface area contributed by atoms with Crippen molar-refractivity contribution in [3.8, 4) is 5.75 Å². The van der Waals surface area contributed by atoms with Crippen LogP contribution in [0, 0.1) is 16.0 Å². The van der Waals surface area contributed by atoms with Crippen molar-refractivity contribution in [1.29, 1.82) is 0 Å². The standard InChI is InChI=1S/C32H32Cl2N4O7/c1-44-27-11-19(25(38(42)43)13-22(27)30(40)45-2)14-35-29-26(16-39)37(15-17-6-7-17)32(28(29)18-4-3-5-20(33)10-18)23-9-8-21(34)12-24(23)36-31(32)41/h3-5,8-13,17,26,28-29,35,39H,6-7,14-16H2,1-2H3,(H,36,41)/t26-,28-,29+,32+/m0/s1. The number of halogens is 2. The highest BCUT2D eigenvalue weighted by molar-refractivity contribution is 6.31. The van der Waals surface area contributed by atoms with E-state index in [2.05, 4.69) is 15.5 Å². The predicted molar refractivity (Wildman–Crippen MR) is 168 cm³/mol. The van der Waals surface area contributed by atoms with Gasteiger partial charge in [-0.3, -0.25) is 19.8 Å². The Bertz CT molecular complexity index is 1680. The van der Waals surface area contributed by atoms with Crippen LogP contribution in [0.2, 0.25) is 10.0 Å². The first kappa shape index (κ1) is 31.3. The smallest absolute Gasteiger partial charge is 0.341 e. The Morgan fingerprint density at radius 3 is 2.56 bits per heavy atom. The van der Waals surface area contributed by atoms with E-state index in [9.17, 15) is 24.8 Å². The van der Waals surface area contributed by atoms with Gasteiger partial charge in [-0.15, -0.1) is 0 Å². The van der Waals surface area contributed by atoms with Crippen LogP contribution in [0.4, 0.5) is 11.4 Å². The van der Waals surface area contributed by atoms with Crippen molar-refractivity contribution in [3.05, 3.63) is 97.0 Å². The lowest BCUT2D eigenvalue weighted by Crippen LogP contribution is -2.53. The number of benzene rings is 3. The molecule has 13 heteroatoms. The molecule has 1 saturated carbocycles. The third-order valence-corrected chi connectivity index (χ3v) is 9.61. The van der Waals surface area contributed by atoms with E-state index in [1.807, 2.05) is 24.3 Å². The molecule has 2 heterocycles. The molecule has 6 rings (SSSR count). The number of fused-ring (bicyclic) bond motifs is 2. The van der Waals surface area contributed by atoms with Gasteiger partial charge in [-0.25, -0.2) is 4.79 Å². The summed E-state index contributed by atoms with van der Waals surface area (Å²) in [5, 5.41) is 30.7. The van der Waals surface area contributed by atoms with E-state index in [0.717, 1.165) is 30.0 Å². The molecule has 0 bridgehead atoms. The number of aliphatic hydroxyl groups excluding tert-OH is 1. The summed E-state index contributed by atoms with van der Waals surface area (Å²) in [6, 6.07) is 14.0. The number of nitrogens with zero attached hydrogens (tertiary/aromatic N) is 2. The topological polar surface area (TPSA) is 143 Å². The van der Waals surface area contributed by atoms with E-state index in [0.29, 0.717) is 28.2 Å². The van der Waals surface area contributed by atoms with Crippen molar-refractivity contribution in [2.75, 3.05) is 32.7 Å². The van der Waals surface area contributed by atoms with Gasteiger partial charge in [-0.1, -0.05) is 41.4 Å². The van der Waals surface area contributed by atoms with Gasteiger partial charge in [0.1, 0.15) is 16.9 Å². The molecule has 1 amide bonds. The average molecular weight is 656 g/mol. The molecule has 3 aliphatic rings. The van der Waals surface area contributed by atoms with E-state index in [1.54, 1.807) is 18.2 Å². The van der Waals surface area contributed by atoms with Gasteiger partial charge >= 0.3 is 5.97 Å². The number of nitro groups is 1. The summed E-state index contributed by atoms with van der Waals surface area (Å²) in [5.74, 6) is -1.12. The van der Waals surface area contributed by atoms with Crippen LogP contribution < -0.4 is 15.4 Å². The van der Waals surface area contributed by atoms with Gasteiger partial charge in [0.2, 0.25) is 5.91 Å². The molecule has 3 N–H and O–H groups in total. The minimum atomic E-state index is -1.24. The Hall–Kier alpha value is -3.74. The van der Waals surface area contributed by atoms with Crippen LogP contribution >= 0.6 is 23.2 Å². The van der Waals surface area contributed by atoms with Crippen molar-refractivity contribution in [2.45, 2.75) is 42.9 Å². The van der Waals surface area contributed by atoms with Gasteiger partial charge in [0, 0.05) is 58.0 Å². The van der Waals surface area contributed by atoms with Crippen molar-refractivity contribution >= 4 is 46.5 Å². The zero-order chi connectivity index (χ0) is 32.0. The normalized spacial score (nSPS) is 24.0. The Kier molecular flexibility index (Phi) is 8.49. The number of carbonyl (C=O) groups is 2. The third kappa shape index (κ3) is 5.32. The Morgan fingerprint density at radius 1 is 1.16 bits per heavy atom. The number of amides is 1. The highest BCUT2D eigenvalue weighted by Gasteiger charge is 2.67. The molecule has 4 atom stereocenters. The lowest BCUT2D eigenvalue weighted by Gasteiger charge is -2.39. The summed E-state index contributed by atoms with van der Waals surface area (Å²) < 4.78 is 10.2. The first-order chi connectivity index (χ1) is 21.6. The molecule has 236 valence electrons.